The molecule has 1 atom stereocenters. The molecule has 0 saturated heterocycles. The second kappa shape index (κ2) is 7.14. The van der Waals surface area contributed by atoms with Crippen molar-refractivity contribution in [3.8, 4) is 0 Å². The highest BCUT2D eigenvalue weighted by atomic mass is 16.1. The van der Waals surface area contributed by atoms with Gasteiger partial charge in [0.1, 0.15) is 0 Å². The minimum absolute atomic E-state index is 0.0532. The molecule has 3 aromatic carbocycles. The lowest BCUT2D eigenvalue weighted by molar-refractivity contribution is 0.0942. The van der Waals surface area contributed by atoms with Crippen LogP contribution in [0.2, 0.25) is 0 Å². The molecule has 2 nitrogen and oxygen atoms in total. The molecule has 3 aromatic rings. The molecule has 0 spiro atoms. The molecule has 0 fully saturated rings. The summed E-state index contributed by atoms with van der Waals surface area (Å²) in [4.78, 5) is 12.8. The van der Waals surface area contributed by atoms with Crippen molar-refractivity contribution in [1.29, 1.82) is 0 Å². The zero-order valence-corrected chi connectivity index (χ0v) is 14.0. The average Bonchev–Trinajstić information content (AvgIpc) is 2.61. The summed E-state index contributed by atoms with van der Waals surface area (Å²) in [6.07, 6.45) is 0. The second-order valence-corrected chi connectivity index (χ2v) is 6.04. The summed E-state index contributed by atoms with van der Waals surface area (Å²) in [5, 5.41) is 3.19. The van der Waals surface area contributed by atoms with Crippen LogP contribution in [0.5, 0.6) is 0 Å². The van der Waals surface area contributed by atoms with Crippen LogP contribution < -0.4 is 5.32 Å². The quantitative estimate of drug-likeness (QED) is 0.734. The number of carbonyl (C=O) groups excluding carboxylic acids is 1. The summed E-state index contributed by atoms with van der Waals surface area (Å²) in [6.45, 7) is 4.02. The minimum atomic E-state index is -0.168. The molecular formula is C22H21NO. The molecule has 24 heavy (non-hydrogen) atoms. The van der Waals surface area contributed by atoms with E-state index in [4.69, 9.17) is 0 Å². The number of amides is 1. The van der Waals surface area contributed by atoms with E-state index in [-0.39, 0.29) is 11.9 Å². The SMILES string of the molecule is Cc1ccc([C@@H](NC(=O)c2ccccc2C)c2ccccc2)cc1. The fourth-order valence-corrected chi connectivity index (χ4v) is 2.80. The molecule has 0 bridgehead atoms. The van der Waals surface area contributed by atoms with E-state index in [1.165, 1.54) is 5.56 Å². The Hall–Kier alpha value is -2.87. The predicted molar refractivity (Wildman–Crippen MR) is 98.1 cm³/mol. The predicted octanol–water partition coefficient (Wildman–Crippen LogP) is 4.82. The first-order valence-electron chi connectivity index (χ1n) is 8.13. The smallest absolute Gasteiger partial charge is 0.252 e. The summed E-state index contributed by atoms with van der Waals surface area (Å²) in [6, 6.07) is 25.9. The maximum absolute atomic E-state index is 12.8. The van der Waals surface area contributed by atoms with Crippen LogP contribution in [0.4, 0.5) is 0 Å². The molecule has 0 radical (unpaired) electrons. The summed E-state index contributed by atoms with van der Waals surface area (Å²) < 4.78 is 0. The first-order valence-corrected chi connectivity index (χ1v) is 8.13. The zero-order chi connectivity index (χ0) is 16.9. The number of hydrogen-bond acceptors (Lipinski definition) is 1. The van der Waals surface area contributed by atoms with Crippen molar-refractivity contribution >= 4 is 5.91 Å². The maximum Gasteiger partial charge on any atom is 0.252 e. The standard InChI is InChI=1S/C22H21NO/c1-16-12-14-19(15-13-16)21(18-9-4-3-5-10-18)23-22(24)20-11-7-6-8-17(20)2/h3-15,21H,1-2H3,(H,23,24)/t21-/m0/s1. The van der Waals surface area contributed by atoms with E-state index >= 15 is 0 Å². The van der Waals surface area contributed by atoms with Crippen molar-refractivity contribution in [3.63, 3.8) is 0 Å². The van der Waals surface area contributed by atoms with Gasteiger partial charge >= 0.3 is 0 Å². The van der Waals surface area contributed by atoms with Crippen LogP contribution in [-0.2, 0) is 0 Å². The fraction of sp³-hybridized carbons (Fsp3) is 0.136. The van der Waals surface area contributed by atoms with Gasteiger partial charge in [-0.25, -0.2) is 0 Å². The summed E-state index contributed by atoms with van der Waals surface area (Å²) in [5.74, 6) is -0.0532. The lowest BCUT2D eigenvalue weighted by Crippen LogP contribution is -2.29. The van der Waals surface area contributed by atoms with Gasteiger partial charge in [-0.15, -0.1) is 0 Å². The topological polar surface area (TPSA) is 29.1 Å². The highest BCUT2D eigenvalue weighted by Crippen LogP contribution is 2.23. The van der Waals surface area contributed by atoms with Gasteiger partial charge in [0.05, 0.1) is 6.04 Å². The summed E-state index contributed by atoms with van der Waals surface area (Å²) >= 11 is 0. The molecule has 0 aliphatic rings. The van der Waals surface area contributed by atoms with Gasteiger partial charge in [-0.1, -0.05) is 78.4 Å². The number of nitrogens with one attached hydrogen (secondary N) is 1. The summed E-state index contributed by atoms with van der Waals surface area (Å²) in [5.41, 5.74) is 5.05. The normalized spacial score (nSPS) is 11.8. The van der Waals surface area contributed by atoms with Gasteiger partial charge in [0.2, 0.25) is 0 Å². The molecule has 120 valence electrons. The minimum Gasteiger partial charge on any atom is -0.341 e. The highest BCUT2D eigenvalue weighted by Gasteiger charge is 2.18. The van der Waals surface area contributed by atoms with Gasteiger partial charge < -0.3 is 5.32 Å². The van der Waals surface area contributed by atoms with E-state index in [1.807, 2.05) is 61.5 Å². The molecule has 0 aliphatic carbocycles. The molecular weight excluding hydrogens is 294 g/mol. The largest absolute Gasteiger partial charge is 0.341 e. The van der Waals surface area contributed by atoms with Crippen molar-refractivity contribution in [3.05, 3.63) is 107 Å². The number of rotatable bonds is 4. The Labute approximate surface area is 143 Å². The lowest BCUT2D eigenvalue weighted by Gasteiger charge is -2.20. The van der Waals surface area contributed by atoms with Crippen LogP contribution in [0.3, 0.4) is 0 Å². The molecule has 0 unspecified atom stereocenters. The Morgan fingerprint density at radius 3 is 2.00 bits per heavy atom. The van der Waals surface area contributed by atoms with Gasteiger partial charge in [-0.05, 0) is 36.6 Å². The highest BCUT2D eigenvalue weighted by molar-refractivity contribution is 5.96. The van der Waals surface area contributed by atoms with Gasteiger partial charge in [-0.3, -0.25) is 4.79 Å². The molecule has 1 N–H and O–H groups in total. The van der Waals surface area contributed by atoms with Crippen molar-refractivity contribution < 1.29 is 4.79 Å². The molecule has 1 amide bonds. The number of hydrogen-bond donors (Lipinski definition) is 1. The van der Waals surface area contributed by atoms with E-state index in [0.717, 1.165) is 16.7 Å². The summed E-state index contributed by atoms with van der Waals surface area (Å²) in [7, 11) is 0. The van der Waals surface area contributed by atoms with E-state index in [1.54, 1.807) is 0 Å². The molecule has 3 rings (SSSR count). The first kappa shape index (κ1) is 16.0. The Morgan fingerprint density at radius 2 is 1.33 bits per heavy atom. The van der Waals surface area contributed by atoms with Gasteiger partial charge in [0, 0.05) is 5.56 Å². The lowest BCUT2D eigenvalue weighted by atomic mass is 9.97. The van der Waals surface area contributed by atoms with Crippen LogP contribution in [-0.4, -0.2) is 5.91 Å². The fourth-order valence-electron chi connectivity index (χ4n) is 2.80. The van der Waals surface area contributed by atoms with E-state index in [9.17, 15) is 4.79 Å². The Bertz CT molecular complexity index is 822. The van der Waals surface area contributed by atoms with E-state index in [0.29, 0.717) is 5.56 Å². The Kier molecular flexibility index (Phi) is 4.76. The molecule has 0 saturated carbocycles. The van der Waals surface area contributed by atoms with Crippen molar-refractivity contribution in [2.75, 3.05) is 0 Å². The van der Waals surface area contributed by atoms with Crippen LogP contribution in [0.25, 0.3) is 0 Å². The Balaban J connectivity index is 1.95. The third-order valence-electron chi connectivity index (χ3n) is 4.21. The molecule has 0 aromatic heterocycles. The zero-order valence-electron chi connectivity index (χ0n) is 14.0. The average molecular weight is 315 g/mol. The first-order chi connectivity index (χ1) is 11.6. The van der Waals surface area contributed by atoms with Crippen LogP contribution in [0, 0.1) is 13.8 Å². The van der Waals surface area contributed by atoms with Crippen molar-refractivity contribution in [1.82, 2.24) is 5.32 Å². The number of benzene rings is 3. The van der Waals surface area contributed by atoms with Crippen LogP contribution >= 0.6 is 0 Å². The monoisotopic (exact) mass is 315 g/mol. The van der Waals surface area contributed by atoms with Crippen LogP contribution in [0.1, 0.15) is 38.7 Å². The van der Waals surface area contributed by atoms with Gasteiger partial charge in [-0.2, -0.15) is 0 Å². The Morgan fingerprint density at radius 1 is 0.750 bits per heavy atom. The maximum atomic E-state index is 12.8. The molecule has 0 heterocycles. The van der Waals surface area contributed by atoms with Crippen molar-refractivity contribution in [2.45, 2.75) is 19.9 Å². The second-order valence-electron chi connectivity index (χ2n) is 6.04. The van der Waals surface area contributed by atoms with Crippen molar-refractivity contribution in [2.24, 2.45) is 0 Å². The van der Waals surface area contributed by atoms with Gasteiger partial charge in [0.25, 0.3) is 5.91 Å². The third kappa shape index (κ3) is 3.54. The van der Waals surface area contributed by atoms with E-state index < -0.39 is 0 Å². The third-order valence-corrected chi connectivity index (χ3v) is 4.21. The molecule has 0 aliphatic heterocycles. The number of carbonyl (C=O) groups is 1. The van der Waals surface area contributed by atoms with Gasteiger partial charge in [0.15, 0.2) is 0 Å². The molecule has 2 heteroatoms. The number of aryl methyl sites for hydroxylation is 2. The van der Waals surface area contributed by atoms with E-state index in [2.05, 4.69) is 36.5 Å². The van der Waals surface area contributed by atoms with Crippen LogP contribution in [0.15, 0.2) is 78.9 Å².